The van der Waals surface area contributed by atoms with Gasteiger partial charge in [-0.15, -0.1) is 0 Å². The van der Waals surface area contributed by atoms with Crippen molar-refractivity contribution in [3.8, 4) is 0 Å². The average Bonchev–Trinajstić information content (AvgIpc) is 3.00. The van der Waals surface area contributed by atoms with E-state index in [9.17, 15) is 9.59 Å². The van der Waals surface area contributed by atoms with Crippen LogP contribution >= 0.6 is 0 Å². The zero-order valence-corrected chi connectivity index (χ0v) is 12.4. The summed E-state index contributed by atoms with van der Waals surface area (Å²) in [7, 11) is 0. The smallest absolute Gasteiger partial charge is 0.328 e. The Morgan fingerprint density at radius 3 is 2.16 bits per heavy atom. The molecule has 0 aromatic carbocycles. The Morgan fingerprint density at radius 1 is 1.16 bits per heavy atom. The molecule has 2 fully saturated rings. The SMILES string of the molecule is C[C@H](NC(=O)C1C2CCCCC21)C(=O)OC(C)(C)C. The van der Waals surface area contributed by atoms with Crippen molar-refractivity contribution in [2.45, 2.75) is 65.0 Å². The van der Waals surface area contributed by atoms with E-state index >= 15 is 0 Å². The fourth-order valence-corrected chi connectivity index (χ4v) is 3.14. The Bertz CT molecular complexity index is 360. The number of hydrogen-bond donors (Lipinski definition) is 1. The lowest BCUT2D eigenvalue weighted by Gasteiger charge is -2.22. The minimum Gasteiger partial charge on any atom is -0.458 e. The van der Waals surface area contributed by atoms with Crippen LogP contribution in [0.4, 0.5) is 0 Å². The van der Waals surface area contributed by atoms with Gasteiger partial charge in [0.05, 0.1) is 0 Å². The molecule has 0 aliphatic heterocycles. The van der Waals surface area contributed by atoms with Crippen LogP contribution in [0.3, 0.4) is 0 Å². The lowest BCUT2D eigenvalue weighted by atomic mass is 10.0. The maximum absolute atomic E-state index is 12.1. The molecule has 0 aromatic rings. The summed E-state index contributed by atoms with van der Waals surface area (Å²) in [6.07, 6.45) is 4.83. The average molecular weight is 267 g/mol. The molecule has 0 bridgehead atoms. The van der Waals surface area contributed by atoms with Crippen LogP contribution in [0, 0.1) is 17.8 Å². The third-order valence-corrected chi connectivity index (χ3v) is 4.08. The molecule has 2 rings (SSSR count). The number of ether oxygens (including phenoxy) is 1. The van der Waals surface area contributed by atoms with Crippen LogP contribution in [-0.4, -0.2) is 23.5 Å². The molecule has 2 saturated carbocycles. The van der Waals surface area contributed by atoms with Crippen molar-refractivity contribution < 1.29 is 14.3 Å². The minimum absolute atomic E-state index is 0.0373. The Hall–Kier alpha value is -1.06. The van der Waals surface area contributed by atoms with E-state index in [0.717, 1.165) is 0 Å². The van der Waals surface area contributed by atoms with Crippen LogP contribution in [0.25, 0.3) is 0 Å². The second kappa shape index (κ2) is 5.14. The van der Waals surface area contributed by atoms with Crippen molar-refractivity contribution in [1.82, 2.24) is 5.32 Å². The minimum atomic E-state index is -0.561. The van der Waals surface area contributed by atoms with Gasteiger partial charge in [-0.2, -0.15) is 0 Å². The fraction of sp³-hybridized carbons (Fsp3) is 0.867. The Morgan fingerprint density at radius 2 is 1.68 bits per heavy atom. The highest BCUT2D eigenvalue weighted by Gasteiger charge is 2.54. The standard InChI is InChI=1S/C15H25NO3/c1-9(14(18)19-15(2,3)4)16-13(17)12-10-7-5-6-8-11(10)12/h9-12H,5-8H2,1-4H3,(H,16,17)/t9-,10?,11?,12?/m0/s1. The van der Waals surface area contributed by atoms with E-state index in [-0.39, 0.29) is 17.8 Å². The van der Waals surface area contributed by atoms with Crippen LogP contribution < -0.4 is 5.32 Å². The number of carbonyl (C=O) groups is 2. The van der Waals surface area contributed by atoms with E-state index in [1.54, 1.807) is 6.92 Å². The van der Waals surface area contributed by atoms with Gasteiger partial charge in [-0.1, -0.05) is 12.8 Å². The van der Waals surface area contributed by atoms with Crippen molar-refractivity contribution in [1.29, 1.82) is 0 Å². The second-order valence-electron chi connectivity index (χ2n) is 6.90. The van der Waals surface area contributed by atoms with Gasteiger partial charge in [-0.25, -0.2) is 4.79 Å². The number of amides is 1. The molecule has 0 heterocycles. The van der Waals surface area contributed by atoms with Gasteiger partial charge >= 0.3 is 5.97 Å². The van der Waals surface area contributed by atoms with Crippen LogP contribution in [0.2, 0.25) is 0 Å². The topological polar surface area (TPSA) is 55.4 Å². The van der Waals surface area contributed by atoms with Gasteiger partial charge in [0.25, 0.3) is 0 Å². The van der Waals surface area contributed by atoms with Gasteiger partial charge in [0.15, 0.2) is 0 Å². The summed E-state index contributed by atoms with van der Waals surface area (Å²) >= 11 is 0. The zero-order chi connectivity index (χ0) is 14.2. The molecule has 0 spiro atoms. The molecule has 2 aliphatic carbocycles. The molecule has 0 aromatic heterocycles. The summed E-state index contributed by atoms with van der Waals surface area (Å²) < 4.78 is 5.27. The molecular weight excluding hydrogens is 242 g/mol. The van der Waals surface area contributed by atoms with Crippen molar-refractivity contribution in [3.05, 3.63) is 0 Å². The van der Waals surface area contributed by atoms with Gasteiger partial charge in [0.2, 0.25) is 5.91 Å². The number of nitrogens with one attached hydrogen (secondary N) is 1. The van der Waals surface area contributed by atoms with E-state index in [0.29, 0.717) is 11.8 Å². The van der Waals surface area contributed by atoms with Crippen molar-refractivity contribution in [2.24, 2.45) is 17.8 Å². The maximum atomic E-state index is 12.1. The summed E-state index contributed by atoms with van der Waals surface area (Å²) in [4.78, 5) is 23.9. The summed E-state index contributed by atoms with van der Waals surface area (Å²) in [5, 5.41) is 2.81. The van der Waals surface area contributed by atoms with Gasteiger partial charge in [-0.05, 0) is 52.4 Å². The highest BCUT2D eigenvalue weighted by Crippen LogP contribution is 2.55. The number of hydrogen-bond acceptors (Lipinski definition) is 3. The summed E-state index contributed by atoms with van der Waals surface area (Å²) in [6.45, 7) is 7.18. The van der Waals surface area contributed by atoms with Crippen molar-refractivity contribution in [3.63, 3.8) is 0 Å². The van der Waals surface area contributed by atoms with E-state index in [1.165, 1.54) is 25.7 Å². The lowest BCUT2D eigenvalue weighted by molar-refractivity contribution is -0.158. The van der Waals surface area contributed by atoms with E-state index in [2.05, 4.69) is 5.32 Å². The summed E-state index contributed by atoms with van der Waals surface area (Å²) in [5.74, 6) is 0.964. The van der Waals surface area contributed by atoms with E-state index in [4.69, 9.17) is 4.74 Å². The predicted molar refractivity (Wildman–Crippen MR) is 72.4 cm³/mol. The van der Waals surface area contributed by atoms with Crippen LogP contribution in [0.5, 0.6) is 0 Å². The number of esters is 1. The first-order valence-corrected chi connectivity index (χ1v) is 7.33. The fourth-order valence-electron chi connectivity index (χ4n) is 3.14. The molecule has 2 unspecified atom stereocenters. The van der Waals surface area contributed by atoms with Gasteiger partial charge in [0, 0.05) is 5.92 Å². The molecule has 19 heavy (non-hydrogen) atoms. The third kappa shape index (κ3) is 3.48. The highest BCUT2D eigenvalue weighted by molar-refractivity contribution is 5.87. The van der Waals surface area contributed by atoms with Gasteiger partial charge in [-0.3, -0.25) is 4.79 Å². The van der Waals surface area contributed by atoms with Crippen LogP contribution in [0.15, 0.2) is 0 Å². The first kappa shape index (κ1) is 14.4. The van der Waals surface area contributed by atoms with Crippen molar-refractivity contribution >= 4 is 11.9 Å². The normalized spacial score (nSPS) is 31.1. The number of fused-ring (bicyclic) bond motifs is 1. The van der Waals surface area contributed by atoms with Crippen LogP contribution in [0.1, 0.15) is 53.4 Å². The molecule has 1 N–H and O–H groups in total. The van der Waals surface area contributed by atoms with E-state index in [1.807, 2.05) is 20.8 Å². The summed E-state index contributed by atoms with van der Waals surface area (Å²) in [5.41, 5.74) is -0.510. The third-order valence-electron chi connectivity index (χ3n) is 4.08. The Labute approximate surface area is 115 Å². The summed E-state index contributed by atoms with van der Waals surface area (Å²) in [6, 6.07) is -0.561. The molecule has 3 atom stereocenters. The Kier molecular flexibility index (Phi) is 3.88. The molecule has 4 heteroatoms. The maximum Gasteiger partial charge on any atom is 0.328 e. The predicted octanol–water partition coefficient (Wildman–Crippen LogP) is 2.27. The van der Waals surface area contributed by atoms with Crippen LogP contribution in [-0.2, 0) is 14.3 Å². The first-order valence-electron chi connectivity index (χ1n) is 7.33. The molecule has 0 saturated heterocycles. The Balaban J connectivity index is 1.81. The molecule has 1 amide bonds. The van der Waals surface area contributed by atoms with Crippen molar-refractivity contribution in [2.75, 3.05) is 0 Å². The molecular formula is C15H25NO3. The number of carbonyl (C=O) groups excluding carboxylic acids is 2. The zero-order valence-electron chi connectivity index (χ0n) is 12.4. The lowest BCUT2D eigenvalue weighted by Crippen LogP contribution is -2.43. The molecule has 2 aliphatic rings. The first-order chi connectivity index (χ1) is 8.79. The second-order valence-corrected chi connectivity index (χ2v) is 6.90. The van der Waals surface area contributed by atoms with Gasteiger partial charge in [0.1, 0.15) is 11.6 Å². The van der Waals surface area contributed by atoms with Gasteiger partial charge < -0.3 is 10.1 Å². The molecule has 4 nitrogen and oxygen atoms in total. The largest absolute Gasteiger partial charge is 0.458 e. The van der Waals surface area contributed by atoms with E-state index < -0.39 is 11.6 Å². The quantitative estimate of drug-likeness (QED) is 0.798. The highest BCUT2D eigenvalue weighted by atomic mass is 16.6. The monoisotopic (exact) mass is 267 g/mol. The number of rotatable bonds is 3. The molecule has 0 radical (unpaired) electrons. The molecule has 108 valence electrons.